The summed E-state index contributed by atoms with van der Waals surface area (Å²) in [7, 11) is 0. The summed E-state index contributed by atoms with van der Waals surface area (Å²) in [6.07, 6.45) is 9.25. The Bertz CT molecular complexity index is 406. The lowest BCUT2D eigenvalue weighted by Crippen LogP contribution is -2.20. The minimum absolute atomic E-state index is 0.245. The fraction of sp³-hybridized carbons (Fsp3) is 0.588. The average Bonchev–Trinajstić information content (AvgIpc) is 2.43. The number of carbonyl (C=O) groups is 1. The molecule has 0 atom stereocenters. The summed E-state index contributed by atoms with van der Waals surface area (Å²) >= 11 is 0. The molecule has 1 aliphatic carbocycles. The van der Waals surface area contributed by atoms with Crippen LogP contribution in [-0.2, 0) is 4.74 Å². The molecule has 1 aromatic rings. The molecule has 0 aliphatic heterocycles. The van der Waals surface area contributed by atoms with E-state index in [4.69, 9.17) is 4.74 Å². The summed E-state index contributed by atoms with van der Waals surface area (Å²) in [4.78, 5) is 11.6. The fourth-order valence-electron chi connectivity index (χ4n) is 2.75. The average molecular weight is 275 g/mol. The summed E-state index contributed by atoms with van der Waals surface area (Å²) < 4.78 is 4.99. The van der Waals surface area contributed by atoms with E-state index in [1.807, 2.05) is 31.2 Å². The predicted octanol–water partition coefficient (Wildman–Crippen LogP) is 4.39. The number of hydrogen-bond acceptors (Lipinski definition) is 3. The van der Waals surface area contributed by atoms with Gasteiger partial charge >= 0.3 is 5.97 Å². The first-order chi connectivity index (χ1) is 9.79. The zero-order valence-electron chi connectivity index (χ0n) is 12.4. The third-order valence-corrected chi connectivity index (χ3v) is 3.87. The van der Waals surface area contributed by atoms with Crippen LogP contribution < -0.4 is 5.32 Å². The largest absolute Gasteiger partial charge is 0.462 e. The van der Waals surface area contributed by atoms with Gasteiger partial charge in [0.05, 0.1) is 12.2 Å². The van der Waals surface area contributed by atoms with E-state index in [-0.39, 0.29) is 5.97 Å². The topological polar surface area (TPSA) is 38.3 Å². The monoisotopic (exact) mass is 275 g/mol. The molecule has 0 saturated heterocycles. The van der Waals surface area contributed by atoms with Gasteiger partial charge in [0.1, 0.15) is 0 Å². The van der Waals surface area contributed by atoms with Crippen molar-refractivity contribution in [2.24, 2.45) is 0 Å². The Hall–Kier alpha value is -1.51. The number of anilines is 1. The van der Waals surface area contributed by atoms with Crippen molar-refractivity contribution in [2.45, 2.75) is 57.9 Å². The van der Waals surface area contributed by atoms with E-state index < -0.39 is 0 Å². The lowest BCUT2D eigenvalue weighted by molar-refractivity contribution is 0.0526. The van der Waals surface area contributed by atoms with Crippen LogP contribution in [0.5, 0.6) is 0 Å². The van der Waals surface area contributed by atoms with E-state index in [9.17, 15) is 4.79 Å². The van der Waals surface area contributed by atoms with Gasteiger partial charge in [-0.15, -0.1) is 0 Å². The van der Waals surface area contributed by atoms with E-state index in [1.54, 1.807) is 0 Å². The van der Waals surface area contributed by atoms with E-state index in [1.165, 1.54) is 44.9 Å². The van der Waals surface area contributed by atoms with Crippen molar-refractivity contribution in [1.29, 1.82) is 0 Å². The van der Waals surface area contributed by atoms with Crippen LogP contribution in [0, 0.1) is 0 Å². The highest BCUT2D eigenvalue weighted by molar-refractivity contribution is 5.89. The summed E-state index contributed by atoms with van der Waals surface area (Å²) in [5.74, 6) is -0.245. The molecule has 0 bridgehead atoms. The van der Waals surface area contributed by atoms with Crippen LogP contribution in [0.15, 0.2) is 24.3 Å². The first-order valence-corrected chi connectivity index (χ1v) is 7.83. The molecule has 110 valence electrons. The smallest absolute Gasteiger partial charge is 0.338 e. The first-order valence-electron chi connectivity index (χ1n) is 7.83. The minimum atomic E-state index is -0.245. The molecule has 1 aromatic carbocycles. The molecule has 2 rings (SSSR count). The number of nitrogens with one attached hydrogen (secondary N) is 1. The van der Waals surface area contributed by atoms with Gasteiger partial charge in [0.2, 0.25) is 0 Å². The number of hydrogen-bond donors (Lipinski definition) is 1. The van der Waals surface area contributed by atoms with E-state index in [0.717, 1.165) is 5.69 Å². The number of benzene rings is 1. The van der Waals surface area contributed by atoms with Crippen molar-refractivity contribution in [1.82, 2.24) is 0 Å². The molecular weight excluding hydrogens is 250 g/mol. The van der Waals surface area contributed by atoms with E-state index >= 15 is 0 Å². The van der Waals surface area contributed by atoms with Crippen LogP contribution in [0.2, 0.25) is 0 Å². The molecule has 3 heteroatoms. The highest BCUT2D eigenvalue weighted by atomic mass is 16.5. The van der Waals surface area contributed by atoms with Gasteiger partial charge in [-0.05, 0) is 44.0 Å². The van der Waals surface area contributed by atoms with Crippen LogP contribution >= 0.6 is 0 Å². The summed E-state index contributed by atoms with van der Waals surface area (Å²) in [5.41, 5.74) is 1.72. The van der Waals surface area contributed by atoms with Crippen molar-refractivity contribution < 1.29 is 9.53 Å². The summed E-state index contributed by atoms with van der Waals surface area (Å²) in [6.45, 7) is 2.24. The highest BCUT2D eigenvalue weighted by Crippen LogP contribution is 2.21. The van der Waals surface area contributed by atoms with Gasteiger partial charge in [-0.2, -0.15) is 0 Å². The van der Waals surface area contributed by atoms with Crippen LogP contribution in [0.4, 0.5) is 5.69 Å². The fourth-order valence-corrected chi connectivity index (χ4v) is 2.75. The molecular formula is C17H25NO2. The SMILES string of the molecule is CCOC(=O)c1ccc(NC2CCCCCCC2)cc1. The van der Waals surface area contributed by atoms with Gasteiger partial charge in [-0.3, -0.25) is 0 Å². The quantitative estimate of drug-likeness (QED) is 0.828. The Morgan fingerprint density at radius 3 is 2.30 bits per heavy atom. The molecule has 1 saturated carbocycles. The molecule has 0 aromatic heterocycles. The van der Waals surface area contributed by atoms with Crippen molar-refractivity contribution in [3.63, 3.8) is 0 Å². The molecule has 20 heavy (non-hydrogen) atoms. The third-order valence-electron chi connectivity index (χ3n) is 3.87. The van der Waals surface area contributed by atoms with Crippen molar-refractivity contribution in [3.8, 4) is 0 Å². The van der Waals surface area contributed by atoms with Crippen LogP contribution in [0.1, 0.15) is 62.2 Å². The van der Waals surface area contributed by atoms with E-state index in [0.29, 0.717) is 18.2 Å². The third kappa shape index (κ3) is 4.55. The predicted molar refractivity (Wildman–Crippen MR) is 82.1 cm³/mol. The molecule has 1 fully saturated rings. The zero-order chi connectivity index (χ0) is 14.2. The van der Waals surface area contributed by atoms with Gasteiger partial charge in [0, 0.05) is 11.7 Å². The van der Waals surface area contributed by atoms with Crippen LogP contribution in [-0.4, -0.2) is 18.6 Å². The van der Waals surface area contributed by atoms with Gasteiger partial charge in [-0.25, -0.2) is 4.79 Å². The maximum Gasteiger partial charge on any atom is 0.338 e. The Morgan fingerprint density at radius 1 is 1.10 bits per heavy atom. The van der Waals surface area contributed by atoms with Crippen molar-refractivity contribution in [3.05, 3.63) is 29.8 Å². The number of carbonyl (C=O) groups excluding carboxylic acids is 1. The van der Waals surface area contributed by atoms with Gasteiger partial charge in [0.15, 0.2) is 0 Å². The number of ether oxygens (including phenoxy) is 1. The Labute approximate surface area is 121 Å². The molecule has 1 aliphatic rings. The first kappa shape index (κ1) is 14.9. The standard InChI is InChI=1S/C17H25NO2/c1-2-20-17(19)14-10-12-16(13-11-14)18-15-8-6-4-3-5-7-9-15/h10-13,15,18H,2-9H2,1H3. The second-order valence-corrected chi connectivity index (χ2v) is 5.48. The normalized spacial score (nSPS) is 17.1. The second-order valence-electron chi connectivity index (χ2n) is 5.48. The van der Waals surface area contributed by atoms with Gasteiger partial charge in [-0.1, -0.05) is 32.1 Å². The Morgan fingerprint density at radius 2 is 1.70 bits per heavy atom. The molecule has 0 heterocycles. The number of rotatable bonds is 4. The summed E-state index contributed by atoms with van der Waals surface area (Å²) in [5, 5.41) is 3.59. The lowest BCUT2D eigenvalue weighted by Gasteiger charge is -2.22. The van der Waals surface area contributed by atoms with Crippen LogP contribution in [0.3, 0.4) is 0 Å². The minimum Gasteiger partial charge on any atom is -0.462 e. The Kier molecular flexibility index (Phi) is 5.90. The maximum absolute atomic E-state index is 11.6. The zero-order valence-corrected chi connectivity index (χ0v) is 12.4. The molecule has 0 unspecified atom stereocenters. The maximum atomic E-state index is 11.6. The Balaban J connectivity index is 1.90. The molecule has 1 N–H and O–H groups in total. The van der Waals surface area contributed by atoms with Crippen LogP contribution in [0.25, 0.3) is 0 Å². The lowest BCUT2D eigenvalue weighted by atomic mass is 9.96. The van der Waals surface area contributed by atoms with E-state index in [2.05, 4.69) is 5.32 Å². The molecule has 3 nitrogen and oxygen atoms in total. The number of esters is 1. The molecule has 0 radical (unpaired) electrons. The van der Waals surface area contributed by atoms with Gasteiger partial charge in [0.25, 0.3) is 0 Å². The second kappa shape index (κ2) is 7.93. The molecule has 0 amide bonds. The summed E-state index contributed by atoms with van der Waals surface area (Å²) in [6, 6.07) is 8.20. The van der Waals surface area contributed by atoms with Gasteiger partial charge < -0.3 is 10.1 Å². The molecule has 0 spiro atoms. The highest BCUT2D eigenvalue weighted by Gasteiger charge is 2.11. The van der Waals surface area contributed by atoms with Crippen molar-refractivity contribution in [2.75, 3.05) is 11.9 Å². The van der Waals surface area contributed by atoms with Crippen molar-refractivity contribution >= 4 is 11.7 Å².